The van der Waals surface area contributed by atoms with Crippen LogP contribution in [0.3, 0.4) is 0 Å². The van der Waals surface area contributed by atoms with Gasteiger partial charge >= 0.3 is 12.1 Å². The minimum Gasteiger partial charge on any atom is -0.476 e. The Morgan fingerprint density at radius 2 is 1.87 bits per heavy atom. The number of piperazine rings is 1. The van der Waals surface area contributed by atoms with Crippen molar-refractivity contribution in [2.24, 2.45) is 0 Å². The van der Waals surface area contributed by atoms with Gasteiger partial charge in [0.1, 0.15) is 10.7 Å². The zero-order valence-corrected chi connectivity index (χ0v) is 16.8. The minimum atomic E-state index is -4.51. The van der Waals surface area contributed by atoms with Gasteiger partial charge in [0, 0.05) is 32.4 Å². The van der Waals surface area contributed by atoms with E-state index in [2.05, 4.69) is 9.97 Å². The first-order valence-corrected chi connectivity index (χ1v) is 10.7. The van der Waals surface area contributed by atoms with E-state index in [-0.39, 0.29) is 30.6 Å². The van der Waals surface area contributed by atoms with Crippen LogP contribution in [0.25, 0.3) is 0 Å². The molecule has 0 aromatic carbocycles. The first-order chi connectivity index (χ1) is 14.0. The topological polar surface area (TPSA) is 127 Å². The highest BCUT2D eigenvalue weighted by Crippen LogP contribution is 2.29. The molecule has 15 heteroatoms. The Bertz CT molecular complexity index is 1000. The van der Waals surface area contributed by atoms with Crippen LogP contribution in [0.1, 0.15) is 10.5 Å². The molecular formula is C15H16F3N5O5S2. The van der Waals surface area contributed by atoms with Crippen molar-refractivity contribution in [3.8, 4) is 0 Å². The molecule has 0 bridgehead atoms. The van der Waals surface area contributed by atoms with Crippen LogP contribution in [0, 0.1) is 0 Å². The number of hydrogen-bond acceptors (Lipinski definition) is 9. The van der Waals surface area contributed by atoms with Gasteiger partial charge in [0.15, 0.2) is 10.7 Å². The summed E-state index contributed by atoms with van der Waals surface area (Å²) < 4.78 is 62.4. The Kier molecular flexibility index (Phi) is 6.16. The van der Waals surface area contributed by atoms with E-state index in [4.69, 9.17) is 5.11 Å². The summed E-state index contributed by atoms with van der Waals surface area (Å²) in [7, 11) is -4.51. The average molecular weight is 467 g/mol. The molecule has 0 aliphatic carbocycles. The SMILES string of the molecule is O=C(O)c1ncsc1N(O)S(=O)(=O)c1ccc(N2CCN(CC(F)(F)F)CC2)nc1. The van der Waals surface area contributed by atoms with Crippen molar-refractivity contribution in [3.63, 3.8) is 0 Å². The van der Waals surface area contributed by atoms with Crippen LogP contribution in [0.5, 0.6) is 0 Å². The number of carbonyl (C=O) groups is 1. The lowest BCUT2D eigenvalue weighted by atomic mass is 10.3. The van der Waals surface area contributed by atoms with Gasteiger partial charge in [-0.2, -0.15) is 21.6 Å². The van der Waals surface area contributed by atoms with Gasteiger partial charge in [-0.25, -0.2) is 14.8 Å². The van der Waals surface area contributed by atoms with E-state index in [0.29, 0.717) is 17.2 Å². The van der Waals surface area contributed by atoms with E-state index in [1.807, 2.05) is 0 Å². The maximum absolute atomic E-state index is 12.6. The third-order valence-electron chi connectivity index (χ3n) is 4.27. The third-order valence-corrected chi connectivity index (χ3v) is 6.66. The van der Waals surface area contributed by atoms with Gasteiger partial charge in [0.25, 0.3) is 10.0 Å². The smallest absolute Gasteiger partial charge is 0.401 e. The molecule has 1 saturated heterocycles. The second-order valence-electron chi connectivity index (χ2n) is 6.29. The van der Waals surface area contributed by atoms with Crippen LogP contribution in [0.2, 0.25) is 0 Å². The molecule has 10 nitrogen and oxygen atoms in total. The van der Waals surface area contributed by atoms with Crippen molar-refractivity contribution in [3.05, 3.63) is 29.5 Å². The maximum atomic E-state index is 12.6. The van der Waals surface area contributed by atoms with Crippen molar-refractivity contribution < 1.29 is 36.7 Å². The molecule has 2 N–H and O–H groups in total. The van der Waals surface area contributed by atoms with E-state index in [1.165, 1.54) is 17.0 Å². The second-order valence-corrected chi connectivity index (χ2v) is 8.89. The van der Waals surface area contributed by atoms with Crippen LogP contribution in [0.4, 0.5) is 24.0 Å². The molecule has 0 unspecified atom stereocenters. The summed E-state index contributed by atoms with van der Waals surface area (Å²) in [5.41, 5.74) is 0.462. The highest BCUT2D eigenvalue weighted by atomic mass is 32.2. The minimum absolute atomic E-state index is 0.166. The number of nitrogens with zero attached hydrogens (tertiary/aromatic N) is 5. The first kappa shape index (κ1) is 22.2. The summed E-state index contributed by atoms with van der Waals surface area (Å²) in [5.74, 6) is -1.13. The highest BCUT2D eigenvalue weighted by molar-refractivity contribution is 7.92. The largest absolute Gasteiger partial charge is 0.476 e. The standard InChI is InChI=1S/C15H16F3N5O5S2/c16-15(17,18)8-21-3-5-22(6-4-21)11-2-1-10(7-19-11)30(27,28)23(26)13-12(14(24)25)20-9-29-13/h1-2,7,9,26H,3-6,8H2,(H,24,25). The molecule has 1 fully saturated rings. The number of aromatic nitrogens is 2. The molecule has 0 saturated carbocycles. The lowest BCUT2D eigenvalue weighted by Crippen LogP contribution is -2.49. The maximum Gasteiger partial charge on any atom is 0.401 e. The predicted octanol–water partition coefficient (Wildman–Crippen LogP) is 1.51. The Labute approximate surface area is 172 Å². The molecule has 0 radical (unpaired) electrons. The monoisotopic (exact) mass is 467 g/mol. The van der Waals surface area contributed by atoms with Gasteiger partial charge in [0.05, 0.1) is 12.1 Å². The Morgan fingerprint density at radius 3 is 2.40 bits per heavy atom. The fraction of sp³-hybridized carbons (Fsp3) is 0.400. The lowest BCUT2D eigenvalue weighted by molar-refractivity contribution is -0.146. The van der Waals surface area contributed by atoms with Gasteiger partial charge < -0.3 is 10.0 Å². The molecule has 3 heterocycles. The van der Waals surface area contributed by atoms with Crippen molar-refractivity contribution >= 4 is 38.1 Å². The van der Waals surface area contributed by atoms with Crippen molar-refractivity contribution in [2.75, 3.05) is 42.1 Å². The summed E-state index contributed by atoms with van der Waals surface area (Å²) in [6, 6.07) is 2.54. The van der Waals surface area contributed by atoms with Crippen LogP contribution in [-0.2, 0) is 10.0 Å². The number of aromatic carboxylic acids is 1. The average Bonchev–Trinajstić information content (AvgIpc) is 3.17. The van der Waals surface area contributed by atoms with Crippen LogP contribution < -0.4 is 9.37 Å². The molecule has 164 valence electrons. The number of sulfonamides is 1. The Balaban J connectivity index is 1.71. The van der Waals surface area contributed by atoms with E-state index in [0.717, 1.165) is 11.7 Å². The molecule has 3 rings (SSSR count). The van der Waals surface area contributed by atoms with E-state index in [9.17, 15) is 31.6 Å². The summed E-state index contributed by atoms with van der Waals surface area (Å²) in [5, 5.41) is 18.6. The summed E-state index contributed by atoms with van der Waals surface area (Å²) in [4.78, 5) is 21.2. The fourth-order valence-corrected chi connectivity index (χ4v) is 4.79. The number of carboxylic acids is 1. The molecule has 0 spiro atoms. The highest BCUT2D eigenvalue weighted by Gasteiger charge is 2.33. The van der Waals surface area contributed by atoms with Gasteiger partial charge in [-0.1, -0.05) is 0 Å². The number of thiazole rings is 1. The number of carboxylic acid groups (broad SMARTS) is 1. The zero-order valence-electron chi connectivity index (χ0n) is 15.2. The quantitative estimate of drug-likeness (QED) is 0.608. The van der Waals surface area contributed by atoms with Gasteiger partial charge in [-0.15, -0.1) is 15.8 Å². The van der Waals surface area contributed by atoms with Gasteiger partial charge in [0.2, 0.25) is 0 Å². The van der Waals surface area contributed by atoms with Crippen molar-refractivity contribution in [2.45, 2.75) is 11.1 Å². The second kappa shape index (κ2) is 8.33. The number of alkyl halides is 3. The summed E-state index contributed by atoms with van der Waals surface area (Å²) in [6.07, 6.45) is -3.29. The number of halogens is 3. The van der Waals surface area contributed by atoms with E-state index >= 15 is 0 Å². The number of rotatable bonds is 6. The number of pyridine rings is 1. The molecular weight excluding hydrogens is 451 g/mol. The summed E-state index contributed by atoms with van der Waals surface area (Å²) >= 11 is 0.629. The summed E-state index contributed by atoms with van der Waals surface area (Å²) in [6.45, 7) is -0.0774. The van der Waals surface area contributed by atoms with Crippen LogP contribution >= 0.6 is 11.3 Å². The molecule has 1 aliphatic rings. The predicted molar refractivity (Wildman–Crippen MR) is 99.5 cm³/mol. The first-order valence-electron chi connectivity index (χ1n) is 8.40. The van der Waals surface area contributed by atoms with Gasteiger partial charge in [-0.05, 0) is 12.1 Å². The fourth-order valence-electron chi connectivity index (χ4n) is 2.83. The van der Waals surface area contributed by atoms with Gasteiger partial charge in [-0.3, -0.25) is 10.1 Å². The molecule has 1 aliphatic heterocycles. The molecule has 0 atom stereocenters. The Morgan fingerprint density at radius 1 is 1.20 bits per heavy atom. The molecule has 2 aromatic rings. The normalized spacial score (nSPS) is 15.9. The van der Waals surface area contributed by atoms with E-state index in [1.54, 1.807) is 4.90 Å². The molecule has 2 aromatic heterocycles. The van der Waals surface area contributed by atoms with Crippen molar-refractivity contribution in [1.29, 1.82) is 0 Å². The molecule has 30 heavy (non-hydrogen) atoms. The van der Waals surface area contributed by atoms with Crippen LogP contribution in [-0.4, -0.2) is 78.5 Å². The molecule has 0 amide bonds. The number of hydrogen-bond donors (Lipinski definition) is 2. The van der Waals surface area contributed by atoms with Crippen LogP contribution in [0.15, 0.2) is 28.7 Å². The van der Waals surface area contributed by atoms with Crippen molar-refractivity contribution in [1.82, 2.24) is 14.9 Å². The Hall–Kier alpha value is -2.49. The number of anilines is 2. The lowest BCUT2D eigenvalue weighted by Gasteiger charge is -2.35. The third kappa shape index (κ3) is 4.80. The van der Waals surface area contributed by atoms with E-state index < -0.39 is 44.3 Å². The zero-order chi connectivity index (χ0) is 22.1.